The minimum Gasteiger partial charge on any atom is -0.496 e. The van der Waals surface area contributed by atoms with E-state index in [0.717, 1.165) is 21.5 Å². The number of halogens is 1. The lowest BCUT2D eigenvalue weighted by atomic mass is 10.1. The van der Waals surface area contributed by atoms with Crippen LogP contribution in [-0.4, -0.2) is 38.1 Å². The normalized spacial score (nSPS) is 12.1. The number of anilines is 1. The number of nitrogens with zero attached hydrogens (tertiary/aromatic N) is 2. The van der Waals surface area contributed by atoms with Gasteiger partial charge in [-0.15, -0.1) is 0 Å². The molecule has 0 aliphatic heterocycles. The Morgan fingerprint density at radius 3 is 2.46 bits per heavy atom. The monoisotopic (exact) mass is 390 g/mol. The molecule has 0 N–H and O–H groups in total. The maximum atomic E-state index is 12.7. The van der Waals surface area contributed by atoms with Crippen molar-refractivity contribution in [3.63, 3.8) is 0 Å². The third kappa shape index (κ3) is 4.36. The molecule has 0 aliphatic rings. The molecule has 0 aliphatic carbocycles. The lowest BCUT2D eigenvalue weighted by Crippen LogP contribution is -2.44. The van der Waals surface area contributed by atoms with E-state index in [4.69, 9.17) is 4.74 Å². The first kappa shape index (κ1) is 18.5. The van der Waals surface area contributed by atoms with Gasteiger partial charge >= 0.3 is 0 Å². The molecular weight excluding hydrogens is 368 g/mol. The topological polar surface area (TPSA) is 32.8 Å². The Balaban J connectivity index is 2.10. The minimum atomic E-state index is -0.251. The van der Waals surface area contributed by atoms with Crippen molar-refractivity contribution in [3.8, 4) is 5.75 Å². The molecular formula is C19H23BrN2O2. The van der Waals surface area contributed by atoms with Crippen molar-refractivity contribution >= 4 is 27.5 Å². The third-order valence-corrected chi connectivity index (χ3v) is 4.65. The van der Waals surface area contributed by atoms with Crippen LogP contribution >= 0.6 is 15.9 Å². The zero-order valence-electron chi connectivity index (χ0n) is 14.5. The van der Waals surface area contributed by atoms with Gasteiger partial charge in [0.05, 0.1) is 13.2 Å². The van der Waals surface area contributed by atoms with Crippen LogP contribution in [0.2, 0.25) is 0 Å². The molecule has 2 aromatic carbocycles. The van der Waals surface area contributed by atoms with Gasteiger partial charge in [0, 0.05) is 29.3 Å². The fraction of sp³-hybridized carbons (Fsp3) is 0.316. The molecule has 0 saturated heterocycles. The van der Waals surface area contributed by atoms with Crippen molar-refractivity contribution < 1.29 is 9.53 Å². The summed E-state index contributed by atoms with van der Waals surface area (Å²) in [7, 11) is 5.41. The van der Waals surface area contributed by atoms with Crippen molar-refractivity contribution in [2.24, 2.45) is 0 Å². The fourth-order valence-corrected chi connectivity index (χ4v) is 2.93. The molecule has 0 spiro atoms. The van der Waals surface area contributed by atoms with E-state index in [0.29, 0.717) is 6.54 Å². The van der Waals surface area contributed by atoms with Crippen LogP contribution in [0.25, 0.3) is 0 Å². The van der Waals surface area contributed by atoms with E-state index in [1.165, 1.54) is 0 Å². The number of carbonyl (C=O) groups excluding carboxylic acids is 1. The molecule has 5 heteroatoms. The largest absolute Gasteiger partial charge is 0.496 e. The van der Waals surface area contributed by atoms with Crippen LogP contribution in [0.1, 0.15) is 12.5 Å². The quantitative estimate of drug-likeness (QED) is 0.748. The van der Waals surface area contributed by atoms with Crippen LogP contribution in [0.4, 0.5) is 5.69 Å². The van der Waals surface area contributed by atoms with Gasteiger partial charge in [0.2, 0.25) is 5.91 Å². The smallest absolute Gasteiger partial charge is 0.243 e. The highest BCUT2D eigenvalue weighted by molar-refractivity contribution is 9.10. The SMILES string of the molecule is COc1ccc(Br)cc1CN(C)C(C)C(=O)N(C)c1ccccc1. The van der Waals surface area contributed by atoms with Crippen LogP contribution in [0.15, 0.2) is 53.0 Å². The van der Waals surface area contributed by atoms with Gasteiger partial charge in [0.25, 0.3) is 0 Å². The van der Waals surface area contributed by atoms with Crippen LogP contribution in [0.3, 0.4) is 0 Å². The number of likely N-dealkylation sites (N-methyl/N-ethyl adjacent to an activating group) is 2. The molecule has 0 heterocycles. The van der Waals surface area contributed by atoms with Gasteiger partial charge in [-0.2, -0.15) is 0 Å². The van der Waals surface area contributed by atoms with Crippen molar-refractivity contribution in [1.82, 2.24) is 4.90 Å². The van der Waals surface area contributed by atoms with Gasteiger partial charge in [-0.1, -0.05) is 34.1 Å². The highest BCUT2D eigenvalue weighted by atomic mass is 79.9. The molecule has 1 amide bonds. The van der Waals surface area contributed by atoms with Crippen LogP contribution in [-0.2, 0) is 11.3 Å². The fourth-order valence-electron chi connectivity index (χ4n) is 2.52. The number of hydrogen-bond donors (Lipinski definition) is 0. The lowest BCUT2D eigenvalue weighted by Gasteiger charge is -2.28. The molecule has 0 aromatic heterocycles. The number of amides is 1. The van der Waals surface area contributed by atoms with E-state index >= 15 is 0 Å². The summed E-state index contributed by atoms with van der Waals surface area (Å²) in [6.07, 6.45) is 0. The van der Waals surface area contributed by atoms with Gasteiger partial charge in [-0.05, 0) is 44.3 Å². The Bertz CT molecular complexity index is 691. The van der Waals surface area contributed by atoms with Crippen LogP contribution in [0.5, 0.6) is 5.75 Å². The van der Waals surface area contributed by atoms with E-state index in [9.17, 15) is 4.79 Å². The summed E-state index contributed by atoms with van der Waals surface area (Å²) in [5, 5.41) is 0. The Labute approximate surface area is 152 Å². The van der Waals surface area contributed by atoms with Crippen molar-refractivity contribution in [2.45, 2.75) is 19.5 Å². The Hall–Kier alpha value is -1.85. The maximum Gasteiger partial charge on any atom is 0.243 e. The van der Waals surface area contributed by atoms with Crippen LogP contribution < -0.4 is 9.64 Å². The summed E-state index contributed by atoms with van der Waals surface area (Å²) in [4.78, 5) is 16.5. The molecule has 0 bridgehead atoms. The van der Waals surface area contributed by atoms with Crippen molar-refractivity contribution in [2.75, 3.05) is 26.1 Å². The first-order valence-corrected chi connectivity index (χ1v) is 8.58. The Morgan fingerprint density at radius 2 is 1.83 bits per heavy atom. The summed E-state index contributed by atoms with van der Waals surface area (Å²) >= 11 is 3.49. The van der Waals surface area contributed by atoms with Crippen LogP contribution in [0, 0.1) is 0 Å². The summed E-state index contributed by atoms with van der Waals surface area (Å²) < 4.78 is 6.41. The molecule has 1 atom stereocenters. The predicted octanol–water partition coefficient (Wildman–Crippen LogP) is 3.94. The molecule has 0 fully saturated rings. The number of methoxy groups -OCH3 is 1. The first-order valence-electron chi connectivity index (χ1n) is 7.79. The molecule has 0 radical (unpaired) electrons. The summed E-state index contributed by atoms with van der Waals surface area (Å²) in [5.74, 6) is 0.874. The number of benzene rings is 2. The van der Waals surface area contributed by atoms with Crippen molar-refractivity contribution in [3.05, 3.63) is 58.6 Å². The van der Waals surface area contributed by atoms with E-state index < -0.39 is 0 Å². The minimum absolute atomic E-state index is 0.0534. The molecule has 4 nitrogen and oxygen atoms in total. The summed E-state index contributed by atoms with van der Waals surface area (Å²) in [5.41, 5.74) is 1.93. The highest BCUT2D eigenvalue weighted by Gasteiger charge is 2.23. The number of ether oxygens (including phenoxy) is 1. The van der Waals surface area contributed by atoms with Gasteiger partial charge in [-0.3, -0.25) is 9.69 Å². The Morgan fingerprint density at radius 1 is 1.17 bits per heavy atom. The molecule has 0 saturated carbocycles. The summed E-state index contributed by atoms with van der Waals surface area (Å²) in [6, 6.07) is 15.3. The number of rotatable bonds is 6. The number of para-hydroxylation sites is 1. The molecule has 2 rings (SSSR count). The zero-order valence-corrected chi connectivity index (χ0v) is 16.1. The second-order valence-electron chi connectivity index (χ2n) is 5.78. The predicted molar refractivity (Wildman–Crippen MR) is 101 cm³/mol. The van der Waals surface area contributed by atoms with Gasteiger partial charge in [0.1, 0.15) is 5.75 Å². The first-order chi connectivity index (χ1) is 11.4. The number of hydrogen-bond acceptors (Lipinski definition) is 3. The second-order valence-corrected chi connectivity index (χ2v) is 6.70. The number of carbonyl (C=O) groups is 1. The molecule has 24 heavy (non-hydrogen) atoms. The third-order valence-electron chi connectivity index (χ3n) is 4.15. The Kier molecular flexibility index (Phi) is 6.40. The van der Waals surface area contributed by atoms with Gasteiger partial charge < -0.3 is 9.64 Å². The highest BCUT2D eigenvalue weighted by Crippen LogP contribution is 2.25. The summed E-state index contributed by atoms with van der Waals surface area (Å²) in [6.45, 7) is 2.55. The average molecular weight is 391 g/mol. The van der Waals surface area contributed by atoms with E-state index in [-0.39, 0.29) is 11.9 Å². The molecule has 1 unspecified atom stereocenters. The zero-order chi connectivity index (χ0) is 17.7. The average Bonchev–Trinajstić information content (AvgIpc) is 2.60. The standard InChI is InChI=1S/C19H23BrN2O2/c1-14(19(23)22(3)17-8-6-5-7-9-17)21(2)13-15-12-16(20)10-11-18(15)24-4/h5-12,14H,13H2,1-4H3. The van der Waals surface area contributed by atoms with E-state index in [2.05, 4.69) is 15.9 Å². The van der Waals surface area contributed by atoms with Crippen molar-refractivity contribution in [1.29, 1.82) is 0 Å². The lowest BCUT2D eigenvalue weighted by molar-refractivity contribution is -0.122. The molecule has 128 valence electrons. The maximum absolute atomic E-state index is 12.7. The van der Waals surface area contributed by atoms with Gasteiger partial charge in [-0.25, -0.2) is 0 Å². The van der Waals surface area contributed by atoms with E-state index in [1.54, 1.807) is 12.0 Å². The van der Waals surface area contributed by atoms with E-state index in [1.807, 2.05) is 74.4 Å². The molecule has 2 aromatic rings. The second kappa shape index (κ2) is 8.31. The van der Waals surface area contributed by atoms with Gasteiger partial charge in [0.15, 0.2) is 0 Å².